The van der Waals surface area contributed by atoms with Crippen LogP contribution in [0.5, 0.6) is 0 Å². The first-order chi connectivity index (χ1) is 8.00. The first kappa shape index (κ1) is 13.0. The van der Waals surface area contributed by atoms with Gasteiger partial charge in [0.25, 0.3) is 0 Å². The van der Waals surface area contributed by atoms with Gasteiger partial charge in [0.1, 0.15) is 12.3 Å². The van der Waals surface area contributed by atoms with Crippen LogP contribution in [-0.2, 0) is 9.59 Å². The zero-order valence-corrected chi connectivity index (χ0v) is 9.79. The van der Waals surface area contributed by atoms with Crippen molar-refractivity contribution in [3.05, 3.63) is 30.2 Å². The molecule has 0 aliphatic heterocycles. The fraction of sp³-hybridized carbons (Fsp3) is 0.333. The molecule has 0 fully saturated rings. The van der Waals surface area contributed by atoms with Crippen molar-refractivity contribution in [3.63, 3.8) is 0 Å². The fourth-order valence-electron chi connectivity index (χ4n) is 1.30. The summed E-state index contributed by atoms with van der Waals surface area (Å²) in [4.78, 5) is 23.6. The summed E-state index contributed by atoms with van der Waals surface area (Å²) in [7, 11) is 0. The molecule has 0 saturated carbocycles. The fourth-order valence-corrected chi connectivity index (χ4v) is 1.30. The Kier molecular flexibility index (Phi) is 4.51. The molecule has 5 nitrogen and oxygen atoms in total. The lowest BCUT2D eigenvalue weighted by atomic mass is 10.3. The van der Waals surface area contributed by atoms with Gasteiger partial charge in [0.2, 0.25) is 5.91 Å². The Hall–Kier alpha value is -2.04. The van der Waals surface area contributed by atoms with Gasteiger partial charge in [-0.3, -0.25) is 9.59 Å². The van der Waals surface area contributed by atoms with E-state index >= 15 is 0 Å². The highest BCUT2D eigenvalue weighted by Gasteiger charge is 2.17. The lowest BCUT2D eigenvalue weighted by Crippen LogP contribution is -2.39. The predicted octanol–water partition coefficient (Wildman–Crippen LogP) is 1.61. The Morgan fingerprint density at radius 2 is 2.24 bits per heavy atom. The van der Waals surface area contributed by atoms with Crippen LogP contribution in [0.25, 0.3) is 6.08 Å². The molecule has 0 spiro atoms. The number of carboxylic acid groups (broad SMARTS) is 1. The van der Waals surface area contributed by atoms with Crippen LogP contribution in [0, 0.1) is 0 Å². The van der Waals surface area contributed by atoms with Crippen LogP contribution < -0.4 is 0 Å². The zero-order chi connectivity index (χ0) is 12.8. The summed E-state index contributed by atoms with van der Waals surface area (Å²) in [6.07, 6.45) is 4.32. The number of carboxylic acids is 1. The Bertz CT molecular complexity index is 406. The van der Waals surface area contributed by atoms with E-state index < -0.39 is 5.97 Å². The second-order valence-corrected chi connectivity index (χ2v) is 3.80. The van der Waals surface area contributed by atoms with Crippen molar-refractivity contribution in [1.29, 1.82) is 0 Å². The number of furan rings is 1. The maximum atomic E-state index is 11.7. The van der Waals surface area contributed by atoms with Crippen molar-refractivity contribution in [3.8, 4) is 0 Å². The second kappa shape index (κ2) is 5.89. The van der Waals surface area contributed by atoms with E-state index in [1.807, 2.05) is 0 Å². The Labute approximate surface area is 99.3 Å². The van der Waals surface area contributed by atoms with Gasteiger partial charge in [-0.05, 0) is 32.1 Å². The van der Waals surface area contributed by atoms with Crippen LogP contribution >= 0.6 is 0 Å². The van der Waals surface area contributed by atoms with Gasteiger partial charge < -0.3 is 14.4 Å². The number of aliphatic carboxylic acids is 1. The molecule has 0 atom stereocenters. The molecular weight excluding hydrogens is 222 g/mol. The van der Waals surface area contributed by atoms with Crippen molar-refractivity contribution in [1.82, 2.24) is 4.90 Å². The minimum Gasteiger partial charge on any atom is -0.480 e. The van der Waals surface area contributed by atoms with Crippen molar-refractivity contribution in [2.45, 2.75) is 19.9 Å². The van der Waals surface area contributed by atoms with Crippen LogP contribution in [-0.4, -0.2) is 34.5 Å². The van der Waals surface area contributed by atoms with E-state index in [9.17, 15) is 9.59 Å². The summed E-state index contributed by atoms with van der Waals surface area (Å²) in [5.41, 5.74) is 0. The van der Waals surface area contributed by atoms with Gasteiger partial charge in [0.05, 0.1) is 6.26 Å². The third-order valence-corrected chi connectivity index (χ3v) is 2.15. The lowest BCUT2D eigenvalue weighted by Gasteiger charge is -2.23. The van der Waals surface area contributed by atoms with Gasteiger partial charge in [-0.15, -0.1) is 0 Å². The number of rotatable bonds is 5. The number of hydrogen-bond acceptors (Lipinski definition) is 3. The van der Waals surface area contributed by atoms with Crippen LogP contribution in [0.4, 0.5) is 0 Å². The van der Waals surface area contributed by atoms with Gasteiger partial charge in [-0.25, -0.2) is 0 Å². The first-order valence-electron chi connectivity index (χ1n) is 5.24. The first-order valence-corrected chi connectivity index (χ1v) is 5.24. The normalized spacial score (nSPS) is 11.0. The Morgan fingerprint density at radius 1 is 1.53 bits per heavy atom. The number of amides is 1. The van der Waals surface area contributed by atoms with Gasteiger partial charge in [0.15, 0.2) is 0 Å². The molecule has 0 unspecified atom stereocenters. The molecule has 1 aromatic heterocycles. The molecule has 0 aromatic carbocycles. The molecule has 0 aliphatic rings. The highest BCUT2D eigenvalue weighted by atomic mass is 16.4. The lowest BCUT2D eigenvalue weighted by molar-refractivity contribution is -0.143. The number of carbonyl (C=O) groups is 2. The topological polar surface area (TPSA) is 70.8 Å². The minimum atomic E-state index is -1.03. The van der Waals surface area contributed by atoms with Crippen LogP contribution in [0.1, 0.15) is 19.6 Å². The third-order valence-electron chi connectivity index (χ3n) is 2.15. The van der Waals surface area contributed by atoms with E-state index in [4.69, 9.17) is 9.52 Å². The molecular formula is C12H15NO4. The maximum absolute atomic E-state index is 11.7. The van der Waals surface area contributed by atoms with Crippen molar-refractivity contribution >= 4 is 18.0 Å². The van der Waals surface area contributed by atoms with Crippen molar-refractivity contribution in [2.24, 2.45) is 0 Å². The smallest absolute Gasteiger partial charge is 0.323 e. The summed E-state index contributed by atoms with van der Waals surface area (Å²) in [5, 5.41) is 8.70. The number of carbonyl (C=O) groups excluding carboxylic acids is 1. The van der Waals surface area contributed by atoms with Gasteiger partial charge in [-0.2, -0.15) is 0 Å². The maximum Gasteiger partial charge on any atom is 0.323 e. The summed E-state index contributed by atoms with van der Waals surface area (Å²) in [5.74, 6) is -0.824. The molecule has 0 saturated heterocycles. The van der Waals surface area contributed by atoms with E-state index in [1.165, 1.54) is 23.3 Å². The highest BCUT2D eigenvalue weighted by Crippen LogP contribution is 2.05. The average Bonchev–Trinajstić information content (AvgIpc) is 2.74. The standard InChI is InChI=1S/C12H15NO4/c1-9(2)13(8-12(15)16)11(14)6-5-10-4-3-7-17-10/h3-7,9H,8H2,1-2H3,(H,15,16)/b6-5+. The summed E-state index contributed by atoms with van der Waals surface area (Å²) in [6, 6.07) is 3.25. The van der Waals surface area contributed by atoms with Crippen LogP contribution in [0.15, 0.2) is 28.9 Å². The Morgan fingerprint density at radius 3 is 2.71 bits per heavy atom. The largest absolute Gasteiger partial charge is 0.480 e. The van der Waals surface area contributed by atoms with Gasteiger partial charge in [-0.1, -0.05) is 0 Å². The van der Waals surface area contributed by atoms with E-state index in [-0.39, 0.29) is 18.5 Å². The summed E-state index contributed by atoms with van der Waals surface area (Å²) >= 11 is 0. The van der Waals surface area contributed by atoms with Gasteiger partial charge >= 0.3 is 5.97 Å². The van der Waals surface area contributed by atoms with Crippen LogP contribution in [0.3, 0.4) is 0 Å². The van der Waals surface area contributed by atoms with E-state index in [0.717, 1.165) is 0 Å². The number of hydrogen-bond donors (Lipinski definition) is 1. The summed E-state index contributed by atoms with van der Waals surface area (Å²) < 4.78 is 5.03. The third kappa shape index (κ3) is 4.14. The number of nitrogens with zero attached hydrogens (tertiary/aromatic N) is 1. The molecule has 17 heavy (non-hydrogen) atoms. The monoisotopic (exact) mass is 237 g/mol. The summed E-state index contributed by atoms with van der Waals surface area (Å²) in [6.45, 7) is 3.22. The molecule has 1 rings (SSSR count). The molecule has 0 radical (unpaired) electrons. The van der Waals surface area contributed by atoms with E-state index in [1.54, 1.807) is 26.0 Å². The Balaban J connectivity index is 2.68. The highest BCUT2D eigenvalue weighted by molar-refractivity contribution is 5.93. The zero-order valence-electron chi connectivity index (χ0n) is 9.79. The van der Waals surface area contributed by atoms with Crippen LogP contribution in [0.2, 0.25) is 0 Å². The molecule has 92 valence electrons. The van der Waals surface area contributed by atoms with E-state index in [0.29, 0.717) is 5.76 Å². The molecule has 0 bridgehead atoms. The van der Waals surface area contributed by atoms with E-state index in [2.05, 4.69) is 0 Å². The molecule has 1 heterocycles. The SMILES string of the molecule is CC(C)N(CC(=O)O)C(=O)/C=C/c1ccco1. The molecule has 1 amide bonds. The van der Waals surface area contributed by atoms with Crippen molar-refractivity contribution < 1.29 is 19.1 Å². The average molecular weight is 237 g/mol. The molecule has 5 heteroatoms. The molecule has 1 N–H and O–H groups in total. The predicted molar refractivity (Wildman–Crippen MR) is 62.2 cm³/mol. The quantitative estimate of drug-likeness (QED) is 0.790. The second-order valence-electron chi connectivity index (χ2n) is 3.80. The van der Waals surface area contributed by atoms with Gasteiger partial charge in [0, 0.05) is 12.1 Å². The van der Waals surface area contributed by atoms with Crippen molar-refractivity contribution in [2.75, 3.05) is 6.54 Å². The molecule has 1 aromatic rings. The molecule has 0 aliphatic carbocycles. The minimum absolute atomic E-state index is 0.167.